The van der Waals surface area contributed by atoms with Crippen LogP contribution in [0.5, 0.6) is 0 Å². The van der Waals surface area contributed by atoms with Gasteiger partial charge >= 0.3 is 0 Å². The molecule has 0 aliphatic heterocycles. The molecule has 0 aromatic rings. The van der Waals surface area contributed by atoms with Crippen molar-refractivity contribution in [3.05, 3.63) is 0 Å². The maximum absolute atomic E-state index is 11.1. The molecule has 0 radical (unpaired) electrons. The van der Waals surface area contributed by atoms with Crippen LogP contribution in [-0.2, 0) is 4.79 Å². The van der Waals surface area contributed by atoms with E-state index in [2.05, 4.69) is 23.1 Å². The largest absolute Gasteiger partial charge is 0.375 e. The lowest BCUT2D eigenvalue weighted by molar-refractivity contribution is -0.125. The molecule has 1 atom stereocenters. The van der Waals surface area contributed by atoms with Crippen molar-refractivity contribution in [1.29, 1.82) is 0 Å². The molecule has 1 amide bonds. The third kappa shape index (κ3) is 4.90. The Morgan fingerprint density at radius 2 is 2.17 bits per heavy atom. The summed E-state index contributed by atoms with van der Waals surface area (Å²) >= 11 is 4.52. The summed E-state index contributed by atoms with van der Waals surface area (Å²) in [4.78, 5) is 11.1. The topological polar surface area (TPSA) is 67.2 Å². The summed E-state index contributed by atoms with van der Waals surface area (Å²) in [6, 6.07) is 0. The quantitative estimate of drug-likeness (QED) is 0.441. The highest BCUT2D eigenvalue weighted by atomic mass is 32.1. The molecule has 5 heteroatoms. The number of nitrogens with two attached hydrogens (primary N) is 1. The molecule has 1 unspecified atom stereocenters. The van der Waals surface area contributed by atoms with Gasteiger partial charge in [0.2, 0.25) is 5.91 Å². The van der Waals surface area contributed by atoms with Gasteiger partial charge in [-0.2, -0.15) is 0 Å². The first-order chi connectivity index (χ1) is 5.57. The minimum absolute atomic E-state index is 0.00292. The Kier molecular flexibility index (Phi) is 5.36. The van der Waals surface area contributed by atoms with E-state index in [0.29, 0.717) is 0 Å². The molecule has 0 aliphatic carbocycles. The Labute approximate surface area is 77.9 Å². The van der Waals surface area contributed by atoms with Crippen LogP contribution >= 0.6 is 12.2 Å². The average Bonchev–Trinajstić information content (AvgIpc) is 2.00. The number of hydrogen-bond acceptors (Lipinski definition) is 2. The molecule has 4 N–H and O–H groups in total. The predicted molar refractivity (Wildman–Crippen MR) is 52.1 cm³/mol. The van der Waals surface area contributed by atoms with E-state index < -0.39 is 0 Å². The molecule has 0 saturated carbocycles. The number of rotatable bonds is 3. The van der Waals surface area contributed by atoms with E-state index in [4.69, 9.17) is 5.73 Å². The van der Waals surface area contributed by atoms with Gasteiger partial charge in [0.1, 0.15) is 0 Å². The Balaban J connectivity index is 3.64. The third-order valence-electron chi connectivity index (χ3n) is 1.48. The highest BCUT2D eigenvalue weighted by Crippen LogP contribution is 2.03. The second-order valence-electron chi connectivity index (χ2n) is 2.67. The van der Waals surface area contributed by atoms with Gasteiger partial charge in [-0.15, -0.1) is 0 Å². The molecule has 70 valence electrons. The van der Waals surface area contributed by atoms with Gasteiger partial charge in [0, 0.05) is 5.92 Å². The van der Waals surface area contributed by atoms with Crippen LogP contribution in [0.2, 0.25) is 0 Å². The van der Waals surface area contributed by atoms with Crippen LogP contribution < -0.4 is 16.6 Å². The molecule has 0 aliphatic rings. The second kappa shape index (κ2) is 5.77. The molecule has 0 aromatic heterocycles. The normalized spacial score (nSPS) is 11.8. The first-order valence-electron chi connectivity index (χ1n) is 3.93. The Hall–Kier alpha value is -0.840. The van der Waals surface area contributed by atoms with Crippen molar-refractivity contribution in [3.63, 3.8) is 0 Å². The fourth-order valence-corrected chi connectivity index (χ4v) is 0.862. The maximum atomic E-state index is 11.1. The summed E-state index contributed by atoms with van der Waals surface area (Å²) < 4.78 is 0. The standard InChI is InChI=1S/C7H15N3OS/c1-3-4-5(2)6(11)9-10-7(8)12/h5H,3-4H2,1-2H3,(H,9,11)(H3,8,10,12). The van der Waals surface area contributed by atoms with Crippen LogP contribution in [0.15, 0.2) is 0 Å². The zero-order chi connectivity index (χ0) is 9.56. The van der Waals surface area contributed by atoms with Crippen LogP contribution in [0.1, 0.15) is 26.7 Å². The van der Waals surface area contributed by atoms with Crippen molar-refractivity contribution in [2.45, 2.75) is 26.7 Å². The molecule has 0 aromatic carbocycles. The fourth-order valence-electron chi connectivity index (χ4n) is 0.811. The smallest absolute Gasteiger partial charge is 0.241 e. The van der Waals surface area contributed by atoms with E-state index in [9.17, 15) is 4.79 Å². The summed E-state index contributed by atoms with van der Waals surface area (Å²) in [5, 5.41) is 0.0760. The molecule has 0 bridgehead atoms. The van der Waals surface area contributed by atoms with E-state index in [1.807, 2.05) is 13.8 Å². The molecule has 0 saturated heterocycles. The van der Waals surface area contributed by atoms with E-state index in [0.717, 1.165) is 12.8 Å². The van der Waals surface area contributed by atoms with Gasteiger partial charge in [-0.3, -0.25) is 15.6 Å². The molecular weight excluding hydrogens is 174 g/mol. The number of hydrogen-bond donors (Lipinski definition) is 3. The van der Waals surface area contributed by atoms with Crippen molar-refractivity contribution in [1.82, 2.24) is 10.9 Å². The van der Waals surface area contributed by atoms with Gasteiger partial charge in [-0.05, 0) is 18.6 Å². The van der Waals surface area contributed by atoms with Gasteiger partial charge in [0.15, 0.2) is 5.11 Å². The minimum atomic E-state index is -0.0790. The summed E-state index contributed by atoms with van der Waals surface area (Å²) in [6.45, 7) is 3.89. The molecule has 0 fully saturated rings. The average molecular weight is 189 g/mol. The number of carbonyl (C=O) groups is 1. The van der Waals surface area contributed by atoms with Crippen molar-refractivity contribution >= 4 is 23.2 Å². The van der Waals surface area contributed by atoms with Crippen LogP contribution in [-0.4, -0.2) is 11.0 Å². The predicted octanol–water partition coefficient (Wildman–Crippen LogP) is 0.287. The second-order valence-corrected chi connectivity index (χ2v) is 3.11. The number of carbonyl (C=O) groups excluding carboxylic acids is 1. The summed E-state index contributed by atoms with van der Waals surface area (Å²) in [5.74, 6) is -0.0819. The molecule has 4 nitrogen and oxygen atoms in total. The first-order valence-corrected chi connectivity index (χ1v) is 4.34. The zero-order valence-electron chi connectivity index (χ0n) is 7.39. The lowest BCUT2D eigenvalue weighted by atomic mass is 10.1. The van der Waals surface area contributed by atoms with Crippen LogP contribution in [0.4, 0.5) is 0 Å². The van der Waals surface area contributed by atoms with Crippen LogP contribution in [0.3, 0.4) is 0 Å². The zero-order valence-corrected chi connectivity index (χ0v) is 8.20. The lowest BCUT2D eigenvalue weighted by Crippen LogP contribution is -2.46. The maximum Gasteiger partial charge on any atom is 0.241 e. The Bertz CT molecular complexity index is 172. The van der Waals surface area contributed by atoms with Crippen LogP contribution in [0, 0.1) is 5.92 Å². The molecule has 0 heterocycles. The molecule has 12 heavy (non-hydrogen) atoms. The molecular formula is C7H15N3OS. The lowest BCUT2D eigenvalue weighted by Gasteiger charge is -2.11. The Morgan fingerprint density at radius 3 is 2.58 bits per heavy atom. The van der Waals surface area contributed by atoms with Gasteiger partial charge < -0.3 is 5.73 Å². The van der Waals surface area contributed by atoms with E-state index >= 15 is 0 Å². The number of thiocarbonyl (C=S) groups is 1. The number of hydrazine groups is 1. The molecule has 0 spiro atoms. The summed E-state index contributed by atoms with van der Waals surface area (Å²) in [7, 11) is 0. The van der Waals surface area contributed by atoms with Crippen molar-refractivity contribution in [2.24, 2.45) is 11.7 Å². The fraction of sp³-hybridized carbons (Fsp3) is 0.714. The monoisotopic (exact) mass is 189 g/mol. The van der Waals surface area contributed by atoms with E-state index in [1.54, 1.807) is 0 Å². The van der Waals surface area contributed by atoms with Crippen molar-refractivity contribution < 1.29 is 4.79 Å². The minimum Gasteiger partial charge on any atom is -0.375 e. The number of amides is 1. The summed E-state index contributed by atoms with van der Waals surface area (Å²) in [6.07, 6.45) is 1.85. The molecule has 0 rings (SSSR count). The van der Waals surface area contributed by atoms with Gasteiger partial charge in [0.25, 0.3) is 0 Å². The van der Waals surface area contributed by atoms with E-state index in [1.165, 1.54) is 0 Å². The van der Waals surface area contributed by atoms with Crippen molar-refractivity contribution in [2.75, 3.05) is 0 Å². The first kappa shape index (κ1) is 11.2. The SMILES string of the molecule is CCCC(C)C(=O)NNC(N)=S. The van der Waals surface area contributed by atoms with Crippen molar-refractivity contribution in [3.8, 4) is 0 Å². The highest BCUT2D eigenvalue weighted by Gasteiger charge is 2.10. The highest BCUT2D eigenvalue weighted by molar-refractivity contribution is 7.80. The number of nitrogens with one attached hydrogen (secondary N) is 2. The van der Waals surface area contributed by atoms with Gasteiger partial charge in [-0.1, -0.05) is 20.3 Å². The van der Waals surface area contributed by atoms with Gasteiger partial charge in [0.05, 0.1) is 0 Å². The van der Waals surface area contributed by atoms with E-state index in [-0.39, 0.29) is 16.9 Å². The third-order valence-corrected chi connectivity index (χ3v) is 1.58. The van der Waals surface area contributed by atoms with Gasteiger partial charge in [-0.25, -0.2) is 0 Å². The summed E-state index contributed by atoms with van der Waals surface area (Å²) in [5.41, 5.74) is 9.93. The Morgan fingerprint density at radius 1 is 1.58 bits per heavy atom. The van der Waals surface area contributed by atoms with Crippen LogP contribution in [0.25, 0.3) is 0 Å².